The summed E-state index contributed by atoms with van der Waals surface area (Å²) in [4.78, 5) is 45.5. The first kappa shape index (κ1) is 37.1. The van der Waals surface area contributed by atoms with E-state index < -0.39 is 0 Å². The lowest BCUT2D eigenvalue weighted by Crippen LogP contribution is -2.47. The Hall–Kier alpha value is -6.54. The fourth-order valence-corrected chi connectivity index (χ4v) is 8.35. The van der Waals surface area contributed by atoms with Gasteiger partial charge in [-0.3, -0.25) is 15.0 Å². The highest BCUT2D eigenvalue weighted by molar-refractivity contribution is 5.81. The molecular weight excluding hydrogens is 730 g/mol. The number of halogens is 1. The van der Waals surface area contributed by atoms with Crippen LogP contribution in [0.2, 0.25) is 0 Å². The Morgan fingerprint density at radius 2 is 1.28 bits per heavy atom. The molecule has 1 aromatic carbocycles. The maximum absolute atomic E-state index is 14.1. The van der Waals surface area contributed by atoms with Crippen molar-refractivity contribution in [1.29, 1.82) is 5.26 Å². The van der Waals surface area contributed by atoms with Gasteiger partial charge in [0, 0.05) is 124 Å². The van der Waals surface area contributed by atoms with Gasteiger partial charge in [-0.2, -0.15) is 5.26 Å². The number of hydrogen-bond acceptors (Lipinski definition) is 13. The van der Waals surface area contributed by atoms with Gasteiger partial charge in [0.2, 0.25) is 5.95 Å². The number of para-hydroxylation sites is 1. The minimum Gasteiger partial charge on any atom is -0.355 e. The number of anilines is 4. The molecule has 0 radical (unpaired) electrons. The average Bonchev–Trinajstić information content (AvgIpc) is 3.24. The minimum absolute atomic E-state index is 0.143. The Morgan fingerprint density at radius 3 is 1.93 bits per heavy atom. The van der Waals surface area contributed by atoms with Crippen molar-refractivity contribution in [2.45, 2.75) is 44.4 Å². The van der Waals surface area contributed by atoms with Crippen LogP contribution in [0.25, 0.3) is 21.8 Å². The molecule has 4 saturated heterocycles. The summed E-state index contributed by atoms with van der Waals surface area (Å²) >= 11 is 0. The molecule has 4 aliphatic rings. The van der Waals surface area contributed by atoms with Crippen LogP contribution in [0.4, 0.5) is 27.8 Å². The molecule has 0 atom stereocenters. The van der Waals surface area contributed by atoms with Crippen molar-refractivity contribution in [3.8, 4) is 17.9 Å². The number of aromatic nitrogens is 8. The maximum Gasteiger partial charge on any atom is 0.225 e. The maximum atomic E-state index is 14.1. The third-order valence-corrected chi connectivity index (χ3v) is 11.7. The van der Waals surface area contributed by atoms with E-state index in [9.17, 15) is 4.39 Å². The van der Waals surface area contributed by atoms with E-state index in [4.69, 9.17) is 10.2 Å². The summed E-state index contributed by atoms with van der Waals surface area (Å²) in [6.45, 7) is 8.86. The number of rotatable bonds is 6. The van der Waals surface area contributed by atoms with E-state index in [1.54, 1.807) is 43.2 Å². The molecule has 0 N–H and O–H groups in total. The standard InChI is InChI=1S/C22H21FN6.C22H23N7/c23-18-3-1-2-16-4-5-19(27-20(16)18)29-13-17(14-29)21-22(26-9-8-25-21)28-10-6-15(12-24)7-11-28;1-2-3-16-5-10-28(11-6-16)21-20(24-8-9-25-21)18-14-29(15-18)22-26-12-17-4-7-23-13-19(17)27-22/h1-5,8-9,15,17H,6-7,10-11,13-14H2;4,7-9,12-13,16,18H,5-6,10-11,14-15H2,1H3. The molecule has 0 amide bonds. The normalized spacial score (nSPS) is 17.8. The molecule has 58 heavy (non-hydrogen) atoms. The molecule has 13 nitrogen and oxygen atoms in total. The predicted octanol–water partition coefficient (Wildman–Crippen LogP) is 6.17. The number of fused-ring (bicyclic) bond motifs is 2. The molecule has 6 aromatic rings. The fraction of sp³-hybridized carbons (Fsp3) is 0.386. The Morgan fingerprint density at radius 1 is 0.638 bits per heavy atom. The zero-order valence-corrected chi connectivity index (χ0v) is 32.5. The smallest absolute Gasteiger partial charge is 0.225 e. The first-order valence-electron chi connectivity index (χ1n) is 20.1. The second kappa shape index (κ2) is 16.5. The highest BCUT2D eigenvalue weighted by atomic mass is 19.1. The monoisotopic (exact) mass is 773 g/mol. The molecule has 0 aliphatic carbocycles. The molecule has 5 aromatic heterocycles. The Balaban J connectivity index is 0.000000150. The van der Waals surface area contributed by atoms with Crippen LogP contribution in [0.1, 0.15) is 55.8 Å². The van der Waals surface area contributed by atoms with Gasteiger partial charge in [-0.1, -0.05) is 12.1 Å². The van der Waals surface area contributed by atoms with Gasteiger partial charge in [-0.05, 0) is 56.9 Å². The van der Waals surface area contributed by atoms with Crippen LogP contribution in [0.3, 0.4) is 0 Å². The summed E-state index contributed by atoms with van der Waals surface area (Å²) in [5.74, 6) is 10.9. The van der Waals surface area contributed by atoms with Gasteiger partial charge in [-0.15, -0.1) is 11.8 Å². The summed E-state index contributed by atoms with van der Waals surface area (Å²) in [5.41, 5.74) is 3.38. The van der Waals surface area contributed by atoms with Crippen LogP contribution in [0.15, 0.2) is 79.8 Å². The third kappa shape index (κ3) is 7.62. The molecule has 292 valence electrons. The van der Waals surface area contributed by atoms with Crippen LogP contribution < -0.4 is 19.6 Å². The van der Waals surface area contributed by atoms with E-state index in [1.165, 1.54) is 6.07 Å². The molecular formula is C44H44FN13. The lowest BCUT2D eigenvalue weighted by Gasteiger charge is -2.41. The summed E-state index contributed by atoms with van der Waals surface area (Å²) in [7, 11) is 0. The SMILES string of the molecule is CC#CC1CCN(c2nccnc2C2CN(c3ncc4ccncc4n3)C2)CC1.N#CC1CCN(c2nccnc2C2CN(c3ccc4cccc(F)c4n3)C2)CC1. The van der Waals surface area contributed by atoms with E-state index in [0.717, 1.165) is 129 Å². The van der Waals surface area contributed by atoms with Crippen molar-refractivity contribution >= 4 is 45.2 Å². The number of benzene rings is 1. The van der Waals surface area contributed by atoms with E-state index in [0.29, 0.717) is 17.4 Å². The lowest BCUT2D eigenvalue weighted by molar-refractivity contribution is 0.473. The summed E-state index contributed by atoms with van der Waals surface area (Å²) < 4.78 is 14.1. The molecule has 4 fully saturated rings. The van der Waals surface area contributed by atoms with Crippen molar-refractivity contribution in [1.82, 2.24) is 39.9 Å². The van der Waals surface area contributed by atoms with Crippen molar-refractivity contribution in [2.24, 2.45) is 11.8 Å². The Labute approximate surface area is 337 Å². The second-order valence-electron chi connectivity index (χ2n) is 15.4. The number of pyridine rings is 2. The van der Waals surface area contributed by atoms with Crippen LogP contribution in [0.5, 0.6) is 0 Å². The summed E-state index contributed by atoms with van der Waals surface area (Å²) in [5, 5.41) is 10.9. The first-order valence-corrected chi connectivity index (χ1v) is 20.1. The number of piperidine rings is 2. The predicted molar refractivity (Wildman–Crippen MR) is 222 cm³/mol. The summed E-state index contributed by atoms with van der Waals surface area (Å²) in [6.07, 6.45) is 16.4. The van der Waals surface area contributed by atoms with Crippen molar-refractivity contribution in [2.75, 3.05) is 72.0 Å². The minimum atomic E-state index is -0.293. The largest absolute Gasteiger partial charge is 0.355 e. The Bertz CT molecular complexity index is 2500. The van der Waals surface area contributed by atoms with Gasteiger partial charge in [-0.25, -0.2) is 29.3 Å². The third-order valence-electron chi connectivity index (χ3n) is 11.7. The van der Waals surface area contributed by atoms with Crippen molar-refractivity contribution in [3.05, 3.63) is 97.0 Å². The molecule has 10 rings (SSSR count). The quantitative estimate of drug-likeness (QED) is 0.179. The average molecular weight is 774 g/mol. The molecule has 14 heteroatoms. The van der Waals surface area contributed by atoms with Gasteiger partial charge >= 0.3 is 0 Å². The fourth-order valence-electron chi connectivity index (χ4n) is 8.35. The van der Waals surface area contributed by atoms with Gasteiger partial charge < -0.3 is 19.6 Å². The van der Waals surface area contributed by atoms with Gasteiger partial charge in [0.25, 0.3) is 0 Å². The van der Waals surface area contributed by atoms with Crippen molar-refractivity contribution < 1.29 is 4.39 Å². The second-order valence-corrected chi connectivity index (χ2v) is 15.4. The highest BCUT2D eigenvalue weighted by Crippen LogP contribution is 2.37. The molecule has 0 spiro atoms. The van der Waals surface area contributed by atoms with Crippen LogP contribution in [-0.4, -0.2) is 92.2 Å². The van der Waals surface area contributed by atoms with E-state index >= 15 is 0 Å². The van der Waals surface area contributed by atoms with Crippen molar-refractivity contribution in [3.63, 3.8) is 0 Å². The summed E-state index contributed by atoms with van der Waals surface area (Å²) in [6, 6.07) is 13.2. The highest BCUT2D eigenvalue weighted by Gasteiger charge is 2.36. The van der Waals surface area contributed by atoms with Gasteiger partial charge in [0.15, 0.2) is 11.6 Å². The van der Waals surface area contributed by atoms with Gasteiger partial charge in [0.1, 0.15) is 17.2 Å². The van der Waals surface area contributed by atoms with E-state index in [1.807, 2.05) is 37.4 Å². The first-order chi connectivity index (χ1) is 28.5. The molecule has 9 heterocycles. The van der Waals surface area contributed by atoms with Crippen LogP contribution >= 0.6 is 0 Å². The van der Waals surface area contributed by atoms with Crippen LogP contribution in [0, 0.1) is 40.8 Å². The molecule has 4 aliphatic heterocycles. The zero-order valence-electron chi connectivity index (χ0n) is 32.5. The number of nitrogens with zero attached hydrogens (tertiary/aromatic N) is 13. The molecule has 0 saturated carbocycles. The van der Waals surface area contributed by atoms with E-state index in [-0.39, 0.29) is 17.7 Å². The molecule has 0 bridgehead atoms. The van der Waals surface area contributed by atoms with Gasteiger partial charge in [0.05, 0.1) is 29.2 Å². The van der Waals surface area contributed by atoms with Crippen LogP contribution in [-0.2, 0) is 0 Å². The number of hydrogen-bond donors (Lipinski definition) is 0. The Kier molecular flexibility index (Phi) is 10.6. The topological polar surface area (TPSA) is 140 Å². The molecule has 0 unspecified atom stereocenters. The number of nitriles is 1. The zero-order chi connectivity index (χ0) is 39.4. The lowest BCUT2D eigenvalue weighted by atomic mass is 9.94. The van der Waals surface area contributed by atoms with E-state index in [2.05, 4.69) is 72.4 Å².